The summed E-state index contributed by atoms with van der Waals surface area (Å²) in [5, 5.41) is 0. The molecule has 0 aliphatic carbocycles. The second kappa shape index (κ2) is 11.8. The number of aryl methyl sites for hydroxylation is 1. The van der Waals surface area contributed by atoms with Gasteiger partial charge in [0, 0.05) is 38.6 Å². The maximum Gasteiger partial charge on any atom is 0.238 e. The Kier molecular flexibility index (Phi) is 9.70. The molecule has 0 aromatic heterocycles. The Bertz CT molecular complexity index is 860. The molecule has 0 bridgehead atoms. The predicted molar refractivity (Wildman–Crippen MR) is 127 cm³/mol. The largest absolute Gasteiger partial charge is 0.343 e. The molecule has 0 saturated carbocycles. The molecular formula is C24H39N3O4S. The lowest BCUT2D eigenvalue weighted by Crippen LogP contribution is -2.51. The van der Waals surface area contributed by atoms with Gasteiger partial charge in [-0.15, -0.1) is 0 Å². The number of rotatable bonds is 10. The second-order valence-electron chi connectivity index (χ2n) is 9.06. The maximum atomic E-state index is 13.5. The third-order valence-electron chi connectivity index (χ3n) is 5.99. The Labute approximate surface area is 193 Å². The fraction of sp³-hybridized carbons (Fsp3) is 0.667. The minimum absolute atomic E-state index is 0.0186. The molecule has 0 spiro atoms. The summed E-state index contributed by atoms with van der Waals surface area (Å²) in [7, 11) is -3.48. The summed E-state index contributed by atoms with van der Waals surface area (Å²) in [6.45, 7) is 11.3. The fourth-order valence-electron chi connectivity index (χ4n) is 4.07. The van der Waals surface area contributed by atoms with Crippen molar-refractivity contribution in [3.8, 4) is 0 Å². The number of sulfonamides is 1. The van der Waals surface area contributed by atoms with Crippen molar-refractivity contribution in [3.63, 3.8) is 0 Å². The molecule has 2 amide bonds. The van der Waals surface area contributed by atoms with Gasteiger partial charge in [0.15, 0.2) is 0 Å². The molecule has 1 heterocycles. The van der Waals surface area contributed by atoms with E-state index in [9.17, 15) is 18.0 Å². The fourth-order valence-corrected chi connectivity index (χ4v) is 5.27. The van der Waals surface area contributed by atoms with Crippen LogP contribution in [0.25, 0.3) is 0 Å². The zero-order chi connectivity index (χ0) is 23.9. The number of hydrogen-bond donors (Lipinski definition) is 0. The number of hydrogen-bond acceptors (Lipinski definition) is 4. The summed E-state index contributed by atoms with van der Waals surface area (Å²) in [4.78, 5) is 29.2. The second-order valence-corrected chi connectivity index (χ2v) is 11.3. The van der Waals surface area contributed by atoms with Gasteiger partial charge in [-0.25, -0.2) is 8.42 Å². The van der Waals surface area contributed by atoms with Gasteiger partial charge in [-0.2, -0.15) is 4.31 Å². The van der Waals surface area contributed by atoms with Gasteiger partial charge in [-0.1, -0.05) is 50.6 Å². The summed E-state index contributed by atoms with van der Waals surface area (Å²) in [5.41, 5.74) is 2.17. The zero-order valence-corrected chi connectivity index (χ0v) is 21.0. The first-order chi connectivity index (χ1) is 15.1. The highest BCUT2D eigenvalue weighted by atomic mass is 32.2. The van der Waals surface area contributed by atoms with Gasteiger partial charge >= 0.3 is 0 Å². The van der Waals surface area contributed by atoms with E-state index in [-0.39, 0.29) is 36.1 Å². The van der Waals surface area contributed by atoms with Gasteiger partial charge in [0.25, 0.3) is 0 Å². The van der Waals surface area contributed by atoms with Crippen LogP contribution in [0.4, 0.5) is 0 Å². The SMILES string of the molecule is CCC(=O)N1CCC(N(Cc2ccc(C)cc2)C(=O)CN(CC(C)C)S(=O)(=O)CC)CC1. The zero-order valence-electron chi connectivity index (χ0n) is 20.2. The Balaban J connectivity index is 2.23. The van der Waals surface area contributed by atoms with Crippen LogP contribution in [0.1, 0.15) is 58.1 Å². The minimum atomic E-state index is -3.48. The Morgan fingerprint density at radius 1 is 1.09 bits per heavy atom. The third kappa shape index (κ3) is 7.30. The van der Waals surface area contributed by atoms with E-state index < -0.39 is 10.0 Å². The van der Waals surface area contributed by atoms with Crippen molar-refractivity contribution in [1.29, 1.82) is 0 Å². The van der Waals surface area contributed by atoms with Crippen LogP contribution in [0.2, 0.25) is 0 Å². The van der Waals surface area contributed by atoms with E-state index in [0.29, 0.717) is 45.4 Å². The monoisotopic (exact) mass is 465 g/mol. The van der Waals surface area contributed by atoms with E-state index in [1.54, 1.807) is 6.92 Å². The minimum Gasteiger partial charge on any atom is -0.343 e. The molecule has 0 N–H and O–H groups in total. The number of piperidine rings is 1. The van der Waals surface area contributed by atoms with Crippen molar-refractivity contribution in [1.82, 2.24) is 14.1 Å². The summed E-state index contributed by atoms with van der Waals surface area (Å²) >= 11 is 0. The van der Waals surface area contributed by atoms with Crippen LogP contribution in [0.15, 0.2) is 24.3 Å². The van der Waals surface area contributed by atoms with Crippen molar-refractivity contribution in [3.05, 3.63) is 35.4 Å². The van der Waals surface area contributed by atoms with E-state index >= 15 is 0 Å². The third-order valence-corrected chi connectivity index (χ3v) is 7.79. The molecule has 1 fully saturated rings. The number of carbonyl (C=O) groups excluding carboxylic acids is 2. The summed E-state index contributed by atoms with van der Waals surface area (Å²) in [6, 6.07) is 8.05. The number of amides is 2. The van der Waals surface area contributed by atoms with E-state index in [4.69, 9.17) is 0 Å². The molecule has 2 rings (SSSR count). The van der Waals surface area contributed by atoms with Crippen molar-refractivity contribution < 1.29 is 18.0 Å². The lowest BCUT2D eigenvalue weighted by Gasteiger charge is -2.39. The summed E-state index contributed by atoms with van der Waals surface area (Å²) < 4.78 is 26.6. The molecule has 8 heteroatoms. The molecule has 0 atom stereocenters. The van der Waals surface area contributed by atoms with Gasteiger partial charge in [-0.3, -0.25) is 9.59 Å². The van der Waals surface area contributed by atoms with Crippen LogP contribution < -0.4 is 0 Å². The Morgan fingerprint density at radius 3 is 2.19 bits per heavy atom. The average Bonchev–Trinajstić information content (AvgIpc) is 2.77. The molecule has 1 aromatic carbocycles. The standard InChI is InChI=1S/C24H39N3O4S/c1-6-23(28)25-14-12-22(13-15-25)27(17-21-10-8-20(5)9-11-21)24(29)18-26(16-19(3)4)32(30,31)7-2/h8-11,19,22H,6-7,12-18H2,1-5H3. The van der Waals surface area contributed by atoms with Crippen LogP contribution in [0.3, 0.4) is 0 Å². The van der Waals surface area contributed by atoms with Gasteiger partial charge in [0.2, 0.25) is 21.8 Å². The van der Waals surface area contributed by atoms with Crippen LogP contribution in [0, 0.1) is 12.8 Å². The van der Waals surface area contributed by atoms with Gasteiger partial charge in [-0.05, 0) is 38.2 Å². The lowest BCUT2D eigenvalue weighted by molar-refractivity contribution is -0.137. The highest BCUT2D eigenvalue weighted by molar-refractivity contribution is 7.89. The molecule has 0 unspecified atom stereocenters. The van der Waals surface area contributed by atoms with Crippen molar-refractivity contribution in [2.24, 2.45) is 5.92 Å². The Hall–Kier alpha value is -1.93. The molecule has 0 radical (unpaired) electrons. The quantitative estimate of drug-likeness (QED) is 0.532. The first-order valence-corrected chi connectivity index (χ1v) is 13.3. The lowest BCUT2D eigenvalue weighted by atomic mass is 10.0. The van der Waals surface area contributed by atoms with Gasteiger partial charge in [0.05, 0.1) is 12.3 Å². The molecule has 1 aliphatic heterocycles. The van der Waals surface area contributed by atoms with Crippen molar-refractivity contribution in [2.75, 3.05) is 31.9 Å². The molecule has 1 aromatic rings. The van der Waals surface area contributed by atoms with Gasteiger partial charge in [0.1, 0.15) is 0 Å². The maximum absolute atomic E-state index is 13.5. The number of carbonyl (C=O) groups is 2. The van der Waals surface area contributed by atoms with E-state index in [1.807, 2.05) is 61.8 Å². The molecule has 180 valence electrons. The number of nitrogens with zero attached hydrogens (tertiary/aromatic N) is 3. The van der Waals surface area contributed by atoms with E-state index in [2.05, 4.69) is 0 Å². The first kappa shape index (κ1) is 26.3. The average molecular weight is 466 g/mol. The Morgan fingerprint density at radius 2 is 1.69 bits per heavy atom. The normalized spacial score (nSPS) is 15.4. The van der Waals surface area contributed by atoms with Crippen LogP contribution in [-0.4, -0.2) is 72.3 Å². The summed E-state index contributed by atoms with van der Waals surface area (Å²) in [6.07, 6.45) is 1.89. The van der Waals surface area contributed by atoms with Crippen LogP contribution >= 0.6 is 0 Å². The highest BCUT2D eigenvalue weighted by Crippen LogP contribution is 2.21. The topological polar surface area (TPSA) is 78.0 Å². The molecular weight excluding hydrogens is 426 g/mol. The van der Waals surface area contributed by atoms with Crippen LogP contribution in [0.5, 0.6) is 0 Å². The molecule has 1 saturated heterocycles. The first-order valence-electron chi connectivity index (χ1n) is 11.7. The van der Waals surface area contributed by atoms with Crippen molar-refractivity contribution >= 4 is 21.8 Å². The number of benzene rings is 1. The summed E-state index contributed by atoms with van der Waals surface area (Å²) in [5.74, 6) is 0.0566. The molecule has 1 aliphatic rings. The van der Waals surface area contributed by atoms with Crippen LogP contribution in [-0.2, 0) is 26.2 Å². The molecule has 7 nitrogen and oxygen atoms in total. The predicted octanol–water partition coefficient (Wildman–Crippen LogP) is 3.03. The van der Waals surface area contributed by atoms with E-state index in [1.165, 1.54) is 4.31 Å². The smallest absolute Gasteiger partial charge is 0.238 e. The highest BCUT2D eigenvalue weighted by Gasteiger charge is 2.32. The molecule has 32 heavy (non-hydrogen) atoms. The van der Waals surface area contributed by atoms with Gasteiger partial charge < -0.3 is 9.80 Å². The van der Waals surface area contributed by atoms with Crippen molar-refractivity contribution in [2.45, 2.75) is 66.5 Å². The van der Waals surface area contributed by atoms with E-state index in [0.717, 1.165) is 11.1 Å². The number of likely N-dealkylation sites (tertiary alicyclic amines) is 1.